The molecule has 0 N–H and O–H groups in total. The van der Waals surface area contributed by atoms with Crippen molar-refractivity contribution in [3.63, 3.8) is 0 Å². The summed E-state index contributed by atoms with van der Waals surface area (Å²) in [6, 6.07) is 3.84. The molecule has 1 fully saturated rings. The number of hydrogen-bond donors (Lipinski definition) is 0. The van der Waals surface area contributed by atoms with Crippen LogP contribution in [0.5, 0.6) is 0 Å². The molecule has 3 rings (SSSR count). The third-order valence-corrected chi connectivity index (χ3v) is 4.41. The highest BCUT2D eigenvalue weighted by atomic mass is 32.1. The van der Waals surface area contributed by atoms with Gasteiger partial charge in [0, 0.05) is 25.1 Å². The first-order valence-corrected chi connectivity index (χ1v) is 7.97. The van der Waals surface area contributed by atoms with Gasteiger partial charge in [0.2, 0.25) is 0 Å². The number of furan rings is 1. The maximum atomic E-state index is 5.78. The topological polar surface area (TPSA) is 38.5 Å². The Bertz CT molecular complexity index is 518. The molecular formula is C15H20N2O2S. The standard InChI is InChI=1S/C15H20N2O2S/c1-17(10-13-5-2-3-7-18-13)9-12-11-20-15(16-12)14-6-4-8-19-14/h4,6,8,11,13H,2-3,5,7,9-10H2,1H3. The Morgan fingerprint density at radius 3 is 3.15 bits per heavy atom. The SMILES string of the molecule is CN(Cc1csc(-c2ccco2)n1)CC1CCCCO1. The molecular weight excluding hydrogens is 272 g/mol. The van der Waals surface area contributed by atoms with Crippen molar-refractivity contribution in [1.82, 2.24) is 9.88 Å². The molecule has 2 aromatic heterocycles. The second-order valence-electron chi connectivity index (χ2n) is 5.31. The average Bonchev–Trinajstić information content (AvgIpc) is 3.10. The zero-order valence-electron chi connectivity index (χ0n) is 11.7. The van der Waals surface area contributed by atoms with Crippen LogP contribution in [-0.2, 0) is 11.3 Å². The van der Waals surface area contributed by atoms with E-state index in [0.29, 0.717) is 6.10 Å². The van der Waals surface area contributed by atoms with Crippen LogP contribution >= 0.6 is 11.3 Å². The number of thiazole rings is 1. The molecule has 4 nitrogen and oxygen atoms in total. The fourth-order valence-corrected chi connectivity index (χ4v) is 3.31. The van der Waals surface area contributed by atoms with Crippen molar-refractivity contribution < 1.29 is 9.15 Å². The normalized spacial score (nSPS) is 19.6. The molecule has 0 aromatic carbocycles. The first kappa shape index (κ1) is 13.8. The summed E-state index contributed by atoms with van der Waals surface area (Å²) < 4.78 is 11.1. The summed E-state index contributed by atoms with van der Waals surface area (Å²) in [6.07, 6.45) is 5.75. The average molecular weight is 292 g/mol. The highest BCUT2D eigenvalue weighted by Crippen LogP contribution is 2.24. The summed E-state index contributed by atoms with van der Waals surface area (Å²) in [5.41, 5.74) is 1.10. The van der Waals surface area contributed by atoms with Gasteiger partial charge in [-0.15, -0.1) is 11.3 Å². The van der Waals surface area contributed by atoms with Crippen LogP contribution in [-0.4, -0.2) is 36.2 Å². The minimum Gasteiger partial charge on any atom is -0.462 e. The fourth-order valence-electron chi connectivity index (χ4n) is 2.53. The molecule has 0 spiro atoms. The number of likely N-dealkylation sites (N-methyl/N-ethyl adjacent to an activating group) is 1. The Labute approximate surface area is 123 Å². The number of aromatic nitrogens is 1. The predicted octanol–water partition coefficient (Wildman–Crippen LogP) is 3.40. The van der Waals surface area contributed by atoms with Gasteiger partial charge in [0.1, 0.15) is 0 Å². The fraction of sp³-hybridized carbons (Fsp3) is 0.533. The van der Waals surface area contributed by atoms with Crippen molar-refractivity contribution in [2.75, 3.05) is 20.2 Å². The van der Waals surface area contributed by atoms with Crippen LogP contribution in [0.2, 0.25) is 0 Å². The van der Waals surface area contributed by atoms with Gasteiger partial charge < -0.3 is 9.15 Å². The molecule has 0 aliphatic carbocycles. The molecule has 0 saturated carbocycles. The second-order valence-corrected chi connectivity index (χ2v) is 6.16. The summed E-state index contributed by atoms with van der Waals surface area (Å²) in [5, 5.41) is 3.06. The van der Waals surface area contributed by atoms with Crippen molar-refractivity contribution in [3.05, 3.63) is 29.5 Å². The molecule has 3 heterocycles. The van der Waals surface area contributed by atoms with Crippen LogP contribution < -0.4 is 0 Å². The Hall–Kier alpha value is -1.17. The van der Waals surface area contributed by atoms with Crippen molar-refractivity contribution in [3.8, 4) is 10.8 Å². The lowest BCUT2D eigenvalue weighted by molar-refractivity contribution is -0.00272. The summed E-state index contributed by atoms with van der Waals surface area (Å²) >= 11 is 1.63. The summed E-state index contributed by atoms with van der Waals surface area (Å²) in [4.78, 5) is 6.92. The van der Waals surface area contributed by atoms with Crippen molar-refractivity contribution in [2.24, 2.45) is 0 Å². The third kappa shape index (κ3) is 3.48. The van der Waals surface area contributed by atoms with Crippen LogP contribution in [0.15, 0.2) is 28.2 Å². The summed E-state index contributed by atoms with van der Waals surface area (Å²) in [7, 11) is 2.13. The van der Waals surface area contributed by atoms with E-state index in [9.17, 15) is 0 Å². The predicted molar refractivity (Wildman–Crippen MR) is 79.7 cm³/mol. The molecule has 108 valence electrons. The van der Waals surface area contributed by atoms with E-state index in [1.165, 1.54) is 19.3 Å². The monoisotopic (exact) mass is 292 g/mol. The van der Waals surface area contributed by atoms with Gasteiger partial charge in [0.05, 0.1) is 18.1 Å². The Morgan fingerprint density at radius 1 is 1.45 bits per heavy atom. The van der Waals surface area contributed by atoms with E-state index in [-0.39, 0.29) is 0 Å². The van der Waals surface area contributed by atoms with Crippen LogP contribution in [0.1, 0.15) is 25.0 Å². The maximum absolute atomic E-state index is 5.78. The smallest absolute Gasteiger partial charge is 0.162 e. The van der Waals surface area contributed by atoms with Crippen molar-refractivity contribution in [1.29, 1.82) is 0 Å². The van der Waals surface area contributed by atoms with E-state index >= 15 is 0 Å². The van der Waals surface area contributed by atoms with Gasteiger partial charge in [-0.05, 0) is 38.4 Å². The highest BCUT2D eigenvalue weighted by molar-refractivity contribution is 7.13. The molecule has 1 unspecified atom stereocenters. The molecule has 1 atom stereocenters. The molecule has 0 radical (unpaired) electrons. The van der Waals surface area contributed by atoms with Gasteiger partial charge in [-0.2, -0.15) is 0 Å². The molecule has 5 heteroatoms. The largest absolute Gasteiger partial charge is 0.462 e. The van der Waals surface area contributed by atoms with E-state index in [2.05, 4.69) is 22.3 Å². The van der Waals surface area contributed by atoms with Crippen molar-refractivity contribution >= 4 is 11.3 Å². The van der Waals surface area contributed by atoms with E-state index in [0.717, 1.165) is 36.2 Å². The lowest BCUT2D eigenvalue weighted by atomic mass is 10.1. The van der Waals surface area contributed by atoms with Gasteiger partial charge in [-0.1, -0.05) is 0 Å². The quantitative estimate of drug-likeness (QED) is 0.846. The Morgan fingerprint density at radius 2 is 2.40 bits per heavy atom. The molecule has 1 aliphatic heterocycles. The van der Waals surface area contributed by atoms with Crippen LogP contribution in [0, 0.1) is 0 Å². The first-order chi connectivity index (χ1) is 9.81. The maximum Gasteiger partial charge on any atom is 0.162 e. The van der Waals surface area contributed by atoms with E-state index < -0.39 is 0 Å². The minimum absolute atomic E-state index is 0.386. The first-order valence-electron chi connectivity index (χ1n) is 7.09. The Balaban J connectivity index is 1.54. The molecule has 0 amide bonds. The van der Waals surface area contributed by atoms with Crippen LogP contribution in [0.4, 0.5) is 0 Å². The number of ether oxygens (including phenoxy) is 1. The van der Waals surface area contributed by atoms with Gasteiger partial charge in [0.15, 0.2) is 10.8 Å². The molecule has 1 saturated heterocycles. The lowest BCUT2D eigenvalue weighted by Crippen LogP contribution is -2.33. The van der Waals surface area contributed by atoms with Gasteiger partial charge in [0.25, 0.3) is 0 Å². The zero-order valence-corrected chi connectivity index (χ0v) is 12.6. The number of nitrogens with zero attached hydrogens (tertiary/aromatic N) is 2. The summed E-state index contributed by atoms with van der Waals surface area (Å²) in [6.45, 7) is 2.75. The zero-order chi connectivity index (χ0) is 13.8. The second kappa shape index (κ2) is 6.52. The third-order valence-electron chi connectivity index (χ3n) is 3.50. The number of hydrogen-bond acceptors (Lipinski definition) is 5. The Kier molecular flexibility index (Phi) is 4.50. The van der Waals surface area contributed by atoms with Gasteiger partial charge in [-0.25, -0.2) is 4.98 Å². The van der Waals surface area contributed by atoms with Crippen molar-refractivity contribution in [2.45, 2.75) is 31.9 Å². The minimum atomic E-state index is 0.386. The number of rotatable bonds is 5. The van der Waals surface area contributed by atoms with Crippen LogP contribution in [0.3, 0.4) is 0 Å². The van der Waals surface area contributed by atoms with E-state index in [1.807, 2.05) is 12.1 Å². The summed E-state index contributed by atoms with van der Waals surface area (Å²) in [5.74, 6) is 0.847. The van der Waals surface area contributed by atoms with Crippen LogP contribution in [0.25, 0.3) is 10.8 Å². The lowest BCUT2D eigenvalue weighted by Gasteiger charge is -2.26. The molecule has 1 aliphatic rings. The molecule has 0 bridgehead atoms. The van der Waals surface area contributed by atoms with Gasteiger partial charge in [-0.3, -0.25) is 4.90 Å². The highest BCUT2D eigenvalue weighted by Gasteiger charge is 2.16. The van der Waals surface area contributed by atoms with E-state index in [1.54, 1.807) is 17.6 Å². The van der Waals surface area contributed by atoms with E-state index in [4.69, 9.17) is 9.15 Å². The molecule has 2 aromatic rings. The molecule has 20 heavy (non-hydrogen) atoms. The van der Waals surface area contributed by atoms with Gasteiger partial charge >= 0.3 is 0 Å².